The van der Waals surface area contributed by atoms with Gasteiger partial charge in [-0.05, 0) is 49.1 Å². The first-order valence-electron chi connectivity index (χ1n) is 16.8. The Morgan fingerprint density at radius 1 is 0.795 bits per heavy atom. The van der Waals surface area contributed by atoms with E-state index in [1.807, 2.05) is 54.6 Å². The van der Waals surface area contributed by atoms with Crippen LogP contribution in [-0.4, -0.2) is 55.6 Å². The monoisotopic (exact) mass is 594 g/mol. The van der Waals surface area contributed by atoms with E-state index < -0.39 is 5.92 Å². The van der Waals surface area contributed by atoms with E-state index in [-0.39, 0.29) is 17.9 Å². The summed E-state index contributed by atoms with van der Waals surface area (Å²) in [6, 6.07) is 23.5. The lowest BCUT2D eigenvalue weighted by atomic mass is 9.85. The van der Waals surface area contributed by atoms with Crippen molar-refractivity contribution in [2.45, 2.75) is 76.2 Å². The van der Waals surface area contributed by atoms with Gasteiger partial charge >= 0.3 is 0 Å². The number of quaternary nitrogens is 1. The van der Waals surface area contributed by atoms with E-state index >= 15 is 0 Å². The van der Waals surface area contributed by atoms with Crippen LogP contribution in [0, 0.1) is 5.92 Å². The van der Waals surface area contributed by atoms with E-state index in [0.717, 1.165) is 53.9 Å². The van der Waals surface area contributed by atoms with Crippen molar-refractivity contribution in [3.63, 3.8) is 0 Å². The van der Waals surface area contributed by atoms with Crippen LogP contribution in [0.15, 0.2) is 72.8 Å². The molecule has 1 saturated heterocycles. The number of benzene rings is 3. The average Bonchev–Trinajstić information content (AvgIpc) is 3.02. The Balaban J connectivity index is 1.12. The van der Waals surface area contributed by atoms with Gasteiger partial charge in [0.2, 0.25) is 5.91 Å². The summed E-state index contributed by atoms with van der Waals surface area (Å²) in [6.45, 7) is 4.03. The molecule has 6 rings (SSSR count). The Hall–Kier alpha value is -3.64. The van der Waals surface area contributed by atoms with Gasteiger partial charge in [0.15, 0.2) is 0 Å². The normalized spacial score (nSPS) is 23.7. The number of hydrogen-bond acceptors (Lipinski definition) is 3. The van der Waals surface area contributed by atoms with Gasteiger partial charge in [0.1, 0.15) is 11.5 Å². The van der Waals surface area contributed by atoms with Crippen molar-refractivity contribution in [3.05, 3.63) is 95.1 Å². The second-order valence-corrected chi connectivity index (χ2v) is 13.6. The number of piperidine rings is 1. The number of rotatable bonds is 8. The SMILES string of the molecule is C[N+]1(CC2CCCCCCC2)CCC(NC(=O)C2c3ccccc3Oc3ccc(C(=O)NCCc4ccccc4)cc32)CC1. The van der Waals surface area contributed by atoms with Gasteiger partial charge < -0.3 is 19.9 Å². The summed E-state index contributed by atoms with van der Waals surface area (Å²) in [6.07, 6.45) is 12.5. The first-order chi connectivity index (χ1) is 21.5. The van der Waals surface area contributed by atoms with E-state index in [9.17, 15) is 9.59 Å². The van der Waals surface area contributed by atoms with Crippen molar-refractivity contribution in [1.82, 2.24) is 10.6 Å². The molecule has 0 spiro atoms. The van der Waals surface area contributed by atoms with Crippen LogP contribution in [0.3, 0.4) is 0 Å². The molecular formula is C38H48N3O3+. The summed E-state index contributed by atoms with van der Waals surface area (Å²) in [5.74, 6) is 1.50. The Morgan fingerprint density at radius 3 is 2.25 bits per heavy atom. The Labute approximate surface area is 262 Å². The summed E-state index contributed by atoms with van der Waals surface area (Å²) in [7, 11) is 2.42. The third kappa shape index (κ3) is 7.35. The van der Waals surface area contributed by atoms with Crippen LogP contribution < -0.4 is 15.4 Å². The molecule has 3 aromatic rings. The number of carbonyl (C=O) groups is 2. The number of nitrogens with one attached hydrogen (secondary N) is 2. The Bertz CT molecular complexity index is 1420. The molecule has 2 N–H and O–H groups in total. The molecule has 44 heavy (non-hydrogen) atoms. The van der Waals surface area contributed by atoms with E-state index in [0.29, 0.717) is 23.6 Å². The maximum absolute atomic E-state index is 14.1. The number of para-hydroxylation sites is 1. The van der Waals surface area contributed by atoms with Crippen molar-refractivity contribution in [3.8, 4) is 11.5 Å². The minimum Gasteiger partial charge on any atom is -0.457 e. The first kappa shape index (κ1) is 30.4. The highest BCUT2D eigenvalue weighted by atomic mass is 16.5. The molecule has 2 fully saturated rings. The molecular weight excluding hydrogens is 546 g/mol. The van der Waals surface area contributed by atoms with Crippen LogP contribution in [0.4, 0.5) is 0 Å². The van der Waals surface area contributed by atoms with E-state index in [1.165, 1.54) is 57.1 Å². The lowest BCUT2D eigenvalue weighted by molar-refractivity contribution is -0.917. The molecule has 0 aromatic heterocycles. The zero-order valence-electron chi connectivity index (χ0n) is 26.2. The molecule has 0 radical (unpaired) electrons. The zero-order chi connectivity index (χ0) is 30.4. The number of likely N-dealkylation sites (tertiary alicyclic amines) is 1. The summed E-state index contributed by atoms with van der Waals surface area (Å²) in [5, 5.41) is 6.47. The van der Waals surface area contributed by atoms with E-state index in [2.05, 4.69) is 29.8 Å². The average molecular weight is 595 g/mol. The maximum Gasteiger partial charge on any atom is 0.251 e. The van der Waals surface area contributed by atoms with Crippen molar-refractivity contribution < 1.29 is 18.8 Å². The number of hydrogen-bond donors (Lipinski definition) is 2. The lowest BCUT2D eigenvalue weighted by Crippen LogP contribution is -2.56. The van der Waals surface area contributed by atoms with Gasteiger partial charge in [0, 0.05) is 48.0 Å². The summed E-state index contributed by atoms with van der Waals surface area (Å²) in [5.41, 5.74) is 3.32. The fourth-order valence-electron chi connectivity index (χ4n) is 7.60. The Morgan fingerprint density at radius 2 is 1.48 bits per heavy atom. The molecule has 2 amide bonds. The molecule has 1 atom stereocenters. The van der Waals surface area contributed by atoms with Crippen LogP contribution in [0.5, 0.6) is 11.5 Å². The third-order valence-electron chi connectivity index (χ3n) is 10.1. The smallest absolute Gasteiger partial charge is 0.251 e. The number of ether oxygens (including phenoxy) is 1. The fraction of sp³-hybridized carbons (Fsp3) is 0.474. The van der Waals surface area contributed by atoms with E-state index in [4.69, 9.17) is 4.74 Å². The van der Waals surface area contributed by atoms with Gasteiger partial charge in [-0.2, -0.15) is 0 Å². The van der Waals surface area contributed by atoms with Gasteiger partial charge in [-0.25, -0.2) is 0 Å². The zero-order valence-corrected chi connectivity index (χ0v) is 26.2. The van der Waals surface area contributed by atoms with Gasteiger partial charge in [0.05, 0.1) is 32.6 Å². The second-order valence-electron chi connectivity index (χ2n) is 13.6. The molecule has 3 aliphatic rings. The highest BCUT2D eigenvalue weighted by molar-refractivity contribution is 5.96. The minimum absolute atomic E-state index is 0.00948. The molecule has 232 valence electrons. The molecule has 6 heteroatoms. The largest absolute Gasteiger partial charge is 0.457 e. The van der Waals surface area contributed by atoms with Gasteiger partial charge in [0.25, 0.3) is 5.91 Å². The second kappa shape index (κ2) is 14.0. The quantitative estimate of drug-likeness (QED) is 0.277. The summed E-state index contributed by atoms with van der Waals surface area (Å²) in [4.78, 5) is 27.2. The van der Waals surface area contributed by atoms with Crippen LogP contribution in [0.2, 0.25) is 0 Å². The van der Waals surface area contributed by atoms with Crippen molar-refractivity contribution in [1.29, 1.82) is 0 Å². The number of carbonyl (C=O) groups excluding carboxylic acids is 2. The van der Waals surface area contributed by atoms with Crippen LogP contribution >= 0.6 is 0 Å². The van der Waals surface area contributed by atoms with Crippen molar-refractivity contribution in [2.75, 3.05) is 33.2 Å². The standard InChI is InChI=1S/C38H47N3O3/c1-41(27-29-14-6-3-2-4-7-15-29)24-21-31(22-25-41)40-38(43)36-32-16-10-11-17-34(32)44-35-19-18-30(26-33(35)36)37(42)39-23-20-28-12-8-5-9-13-28/h5,8-13,16-19,26,29,31,36H,2-4,6-7,14-15,20-25,27H2,1H3,(H-,39,40,42,43)/p+1. The third-order valence-corrected chi connectivity index (χ3v) is 10.1. The van der Waals surface area contributed by atoms with Crippen LogP contribution in [-0.2, 0) is 11.2 Å². The molecule has 0 bridgehead atoms. The first-order valence-corrected chi connectivity index (χ1v) is 16.8. The van der Waals surface area contributed by atoms with Crippen LogP contribution in [0.25, 0.3) is 0 Å². The number of nitrogens with zero attached hydrogens (tertiary/aromatic N) is 1. The predicted octanol–water partition coefficient (Wildman–Crippen LogP) is 6.98. The van der Waals surface area contributed by atoms with Crippen molar-refractivity contribution >= 4 is 11.8 Å². The molecule has 1 aliphatic carbocycles. The molecule has 2 aliphatic heterocycles. The van der Waals surface area contributed by atoms with Crippen LogP contribution in [0.1, 0.15) is 90.8 Å². The van der Waals surface area contributed by atoms with E-state index in [1.54, 1.807) is 6.07 Å². The maximum atomic E-state index is 14.1. The predicted molar refractivity (Wildman–Crippen MR) is 175 cm³/mol. The van der Waals surface area contributed by atoms with Gasteiger partial charge in [-0.3, -0.25) is 9.59 Å². The number of fused-ring (bicyclic) bond motifs is 2. The highest BCUT2D eigenvalue weighted by Crippen LogP contribution is 2.44. The summed E-state index contributed by atoms with van der Waals surface area (Å²) >= 11 is 0. The molecule has 3 aromatic carbocycles. The minimum atomic E-state index is -0.523. The fourth-order valence-corrected chi connectivity index (χ4v) is 7.60. The van der Waals surface area contributed by atoms with Crippen molar-refractivity contribution in [2.24, 2.45) is 5.92 Å². The highest BCUT2D eigenvalue weighted by Gasteiger charge is 2.37. The molecule has 6 nitrogen and oxygen atoms in total. The van der Waals surface area contributed by atoms with Gasteiger partial charge in [-0.1, -0.05) is 80.6 Å². The van der Waals surface area contributed by atoms with Gasteiger partial charge in [-0.15, -0.1) is 0 Å². The topological polar surface area (TPSA) is 67.4 Å². The summed E-state index contributed by atoms with van der Waals surface area (Å²) < 4.78 is 7.35. The molecule has 1 unspecified atom stereocenters. The Kier molecular flexibility index (Phi) is 9.66. The molecule has 1 saturated carbocycles. The molecule has 2 heterocycles. The lowest BCUT2D eigenvalue weighted by Gasteiger charge is -2.43. The number of amides is 2.